The summed E-state index contributed by atoms with van der Waals surface area (Å²) in [7, 11) is 0. The molecule has 0 spiro atoms. The van der Waals surface area contributed by atoms with Crippen LogP contribution in [0.1, 0.15) is 17.5 Å². The molecule has 0 saturated heterocycles. The number of hydrogen-bond donors (Lipinski definition) is 1. The second kappa shape index (κ2) is 6.30. The van der Waals surface area contributed by atoms with Gasteiger partial charge in [0.1, 0.15) is 0 Å². The zero-order valence-electron chi connectivity index (χ0n) is 10.5. The van der Waals surface area contributed by atoms with Crippen molar-refractivity contribution in [1.29, 1.82) is 0 Å². The van der Waals surface area contributed by atoms with Gasteiger partial charge in [-0.05, 0) is 13.8 Å². The zero-order chi connectivity index (χ0) is 12.8. The van der Waals surface area contributed by atoms with Crippen LogP contribution in [-0.2, 0) is 6.42 Å². The van der Waals surface area contributed by atoms with Crippen LogP contribution in [0.4, 0.5) is 5.95 Å². The van der Waals surface area contributed by atoms with Crippen LogP contribution in [0.3, 0.4) is 0 Å². The predicted molar refractivity (Wildman–Crippen MR) is 72.2 cm³/mol. The second-order valence-corrected chi connectivity index (χ2v) is 4.63. The van der Waals surface area contributed by atoms with E-state index in [0.29, 0.717) is 18.4 Å². The first kappa shape index (κ1) is 12.8. The summed E-state index contributed by atoms with van der Waals surface area (Å²) in [5.41, 5.74) is 2.97. The van der Waals surface area contributed by atoms with Gasteiger partial charge in [-0.3, -0.25) is 0 Å². The molecule has 5 nitrogen and oxygen atoms in total. The lowest BCUT2D eigenvalue weighted by atomic mass is 10.3. The van der Waals surface area contributed by atoms with Crippen molar-refractivity contribution in [2.24, 2.45) is 0 Å². The molecule has 0 atom stereocenters. The van der Waals surface area contributed by atoms with Gasteiger partial charge in [-0.1, -0.05) is 0 Å². The molecule has 0 unspecified atom stereocenters. The molecule has 0 amide bonds. The van der Waals surface area contributed by atoms with Crippen LogP contribution in [0.2, 0.25) is 0 Å². The summed E-state index contributed by atoms with van der Waals surface area (Å²) in [5, 5.41) is 3.19. The van der Waals surface area contributed by atoms with Crippen molar-refractivity contribution in [3.63, 3.8) is 0 Å². The molecule has 96 valence electrons. The number of rotatable bonds is 6. The Morgan fingerprint density at radius 1 is 1.39 bits per heavy atom. The van der Waals surface area contributed by atoms with Crippen molar-refractivity contribution in [3.8, 4) is 5.88 Å². The highest BCUT2D eigenvalue weighted by Crippen LogP contribution is 2.13. The molecule has 0 aliphatic heterocycles. The van der Waals surface area contributed by atoms with Crippen molar-refractivity contribution < 1.29 is 4.74 Å². The highest BCUT2D eigenvalue weighted by Gasteiger charge is 2.02. The fourth-order valence-electron chi connectivity index (χ4n) is 1.51. The average molecular weight is 264 g/mol. The Bertz CT molecular complexity index is 500. The van der Waals surface area contributed by atoms with Crippen LogP contribution in [-0.4, -0.2) is 28.1 Å². The van der Waals surface area contributed by atoms with E-state index in [2.05, 4.69) is 20.3 Å². The van der Waals surface area contributed by atoms with Crippen LogP contribution in [0.15, 0.2) is 17.8 Å². The fraction of sp³-hybridized carbons (Fsp3) is 0.417. The van der Waals surface area contributed by atoms with Gasteiger partial charge < -0.3 is 10.1 Å². The van der Waals surface area contributed by atoms with Gasteiger partial charge in [0.2, 0.25) is 11.8 Å². The number of thiazole rings is 1. The summed E-state index contributed by atoms with van der Waals surface area (Å²) < 4.78 is 5.32. The molecule has 0 radical (unpaired) electrons. The first-order chi connectivity index (χ1) is 8.79. The molecule has 0 saturated carbocycles. The molecule has 0 bridgehead atoms. The maximum atomic E-state index is 5.32. The van der Waals surface area contributed by atoms with E-state index in [9.17, 15) is 0 Å². The fourth-order valence-corrected chi connectivity index (χ4v) is 2.29. The normalized spacial score (nSPS) is 10.3. The first-order valence-electron chi connectivity index (χ1n) is 5.88. The van der Waals surface area contributed by atoms with Gasteiger partial charge in [0, 0.05) is 30.1 Å². The van der Waals surface area contributed by atoms with Crippen molar-refractivity contribution in [2.75, 3.05) is 18.5 Å². The maximum Gasteiger partial charge on any atom is 0.225 e. The van der Waals surface area contributed by atoms with Gasteiger partial charge in [-0.2, -0.15) is 4.98 Å². The number of ether oxygens (including phenoxy) is 1. The summed E-state index contributed by atoms with van der Waals surface area (Å²) in [6.45, 7) is 5.36. The van der Waals surface area contributed by atoms with Gasteiger partial charge in [-0.15, -0.1) is 11.3 Å². The summed E-state index contributed by atoms with van der Waals surface area (Å²) in [6, 6.07) is 1.75. The molecule has 0 aliphatic carbocycles. The summed E-state index contributed by atoms with van der Waals surface area (Å²) in [6.07, 6.45) is 2.62. The quantitative estimate of drug-likeness (QED) is 0.867. The number of aryl methyl sites for hydroxylation is 1. The molecule has 6 heteroatoms. The van der Waals surface area contributed by atoms with Crippen molar-refractivity contribution in [3.05, 3.63) is 28.3 Å². The SMILES string of the molecule is CCOc1ccnc(NCCc2scnc2C)n1. The van der Waals surface area contributed by atoms with E-state index in [-0.39, 0.29) is 0 Å². The Morgan fingerprint density at radius 3 is 3.00 bits per heavy atom. The van der Waals surface area contributed by atoms with Gasteiger partial charge in [0.15, 0.2) is 0 Å². The van der Waals surface area contributed by atoms with E-state index in [1.165, 1.54) is 4.88 Å². The Hall–Kier alpha value is -1.69. The number of nitrogens with one attached hydrogen (secondary N) is 1. The minimum absolute atomic E-state index is 0.600. The Balaban J connectivity index is 1.86. The summed E-state index contributed by atoms with van der Waals surface area (Å²) >= 11 is 1.68. The standard InChI is InChI=1S/C12H16N4OS/c1-3-17-11-5-7-14-12(16-11)13-6-4-10-9(2)15-8-18-10/h5,7-8H,3-4,6H2,1-2H3,(H,13,14,16). The highest BCUT2D eigenvalue weighted by molar-refractivity contribution is 7.09. The van der Waals surface area contributed by atoms with Crippen molar-refractivity contribution >= 4 is 17.3 Å². The van der Waals surface area contributed by atoms with Gasteiger partial charge in [0.05, 0.1) is 17.8 Å². The van der Waals surface area contributed by atoms with Crippen LogP contribution in [0.5, 0.6) is 5.88 Å². The maximum absolute atomic E-state index is 5.32. The molecule has 2 heterocycles. The lowest BCUT2D eigenvalue weighted by Gasteiger charge is -2.06. The lowest BCUT2D eigenvalue weighted by Crippen LogP contribution is -2.08. The molecule has 2 aromatic rings. The topological polar surface area (TPSA) is 59.9 Å². The molecular formula is C12H16N4OS. The van der Waals surface area contributed by atoms with Crippen LogP contribution >= 0.6 is 11.3 Å². The molecule has 0 fully saturated rings. The third-order valence-corrected chi connectivity index (χ3v) is 3.40. The van der Waals surface area contributed by atoms with E-state index in [0.717, 1.165) is 18.7 Å². The minimum atomic E-state index is 0.600. The van der Waals surface area contributed by atoms with Crippen LogP contribution < -0.4 is 10.1 Å². The Kier molecular flexibility index (Phi) is 4.46. The smallest absolute Gasteiger partial charge is 0.225 e. The highest BCUT2D eigenvalue weighted by atomic mass is 32.1. The molecule has 18 heavy (non-hydrogen) atoms. The lowest BCUT2D eigenvalue weighted by molar-refractivity contribution is 0.326. The molecule has 2 rings (SSSR count). The van der Waals surface area contributed by atoms with E-state index in [4.69, 9.17) is 4.74 Å². The van der Waals surface area contributed by atoms with Crippen molar-refractivity contribution in [1.82, 2.24) is 15.0 Å². The Labute approximate surface area is 110 Å². The van der Waals surface area contributed by atoms with E-state index in [1.54, 1.807) is 23.6 Å². The summed E-state index contributed by atoms with van der Waals surface area (Å²) in [5.74, 6) is 1.20. The van der Waals surface area contributed by atoms with E-state index >= 15 is 0 Å². The number of anilines is 1. The minimum Gasteiger partial charge on any atom is -0.478 e. The van der Waals surface area contributed by atoms with Gasteiger partial charge in [0.25, 0.3) is 0 Å². The largest absolute Gasteiger partial charge is 0.478 e. The summed E-state index contributed by atoms with van der Waals surface area (Å²) in [4.78, 5) is 13.9. The molecule has 2 aromatic heterocycles. The average Bonchev–Trinajstić information content (AvgIpc) is 2.76. The first-order valence-corrected chi connectivity index (χ1v) is 6.76. The third kappa shape index (κ3) is 3.40. The van der Waals surface area contributed by atoms with Gasteiger partial charge in [-0.25, -0.2) is 9.97 Å². The predicted octanol–water partition coefficient (Wildman–Crippen LogP) is 2.29. The second-order valence-electron chi connectivity index (χ2n) is 3.69. The third-order valence-electron chi connectivity index (χ3n) is 2.40. The number of hydrogen-bond acceptors (Lipinski definition) is 6. The Morgan fingerprint density at radius 2 is 2.28 bits per heavy atom. The molecule has 0 aliphatic rings. The van der Waals surface area contributed by atoms with E-state index < -0.39 is 0 Å². The molecule has 1 N–H and O–H groups in total. The zero-order valence-corrected chi connectivity index (χ0v) is 11.3. The van der Waals surface area contributed by atoms with E-state index in [1.807, 2.05) is 19.4 Å². The number of nitrogens with zero attached hydrogens (tertiary/aromatic N) is 3. The molecule has 0 aromatic carbocycles. The molecular weight excluding hydrogens is 248 g/mol. The number of aromatic nitrogens is 3. The van der Waals surface area contributed by atoms with Crippen molar-refractivity contribution in [2.45, 2.75) is 20.3 Å². The van der Waals surface area contributed by atoms with Crippen LogP contribution in [0, 0.1) is 6.92 Å². The monoisotopic (exact) mass is 264 g/mol. The van der Waals surface area contributed by atoms with Crippen LogP contribution in [0.25, 0.3) is 0 Å². The van der Waals surface area contributed by atoms with Gasteiger partial charge >= 0.3 is 0 Å².